The molecule has 0 aromatic heterocycles. The van der Waals surface area contributed by atoms with E-state index in [0.29, 0.717) is 10.6 Å². The number of rotatable bonds is 6. The highest BCUT2D eigenvalue weighted by Gasteiger charge is 2.16. The average Bonchev–Trinajstić information content (AvgIpc) is 2.48. The Hall–Kier alpha value is -2.33. The van der Waals surface area contributed by atoms with Crippen LogP contribution in [0.1, 0.15) is 33.6 Å². The molecule has 0 bridgehead atoms. The van der Waals surface area contributed by atoms with E-state index in [9.17, 15) is 18.8 Å². The smallest absolute Gasteiger partial charge is 0.170 e. The summed E-state index contributed by atoms with van der Waals surface area (Å²) in [5.74, 6) is -1.74. The second-order valence-electron chi connectivity index (χ2n) is 4.75. The Morgan fingerprint density at radius 1 is 0.773 bits per heavy atom. The molecule has 0 heterocycles. The van der Waals surface area contributed by atoms with E-state index < -0.39 is 17.4 Å². The molecule has 2 aromatic carbocycles. The summed E-state index contributed by atoms with van der Waals surface area (Å²) in [4.78, 5) is 35.6. The van der Waals surface area contributed by atoms with Gasteiger partial charge >= 0.3 is 0 Å². The molecule has 22 heavy (non-hydrogen) atoms. The molecule has 5 heteroatoms. The van der Waals surface area contributed by atoms with Crippen molar-refractivity contribution >= 4 is 29.0 Å². The van der Waals surface area contributed by atoms with Gasteiger partial charge < -0.3 is 0 Å². The molecule has 0 unspecified atom stereocenters. The van der Waals surface area contributed by atoms with Crippen LogP contribution >= 0.6 is 11.6 Å². The molecular formula is C17H12ClFO3. The van der Waals surface area contributed by atoms with Gasteiger partial charge in [-0.2, -0.15) is 0 Å². The second-order valence-corrected chi connectivity index (χ2v) is 5.19. The molecule has 0 atom stereocenters. The lowest BCUT2D eigenvalue weighted by Gasteiger charge is -2.02. The molecular weight excluding hydrogens is 307 g/mol. The van der Waals surface area contributed by atoms with Crippen LogP contribution in [0.3, 0.4) is 0 Å². The molecule has 0 aliphatic rings. The van der Waals surface area contributed by atoms with E-state index in [4.69, 9.17) is 11.6 Å². The number of carbonyl (C=O) groups excluding carboxylic acids is 3. The van der Waals surface area contributed by atoms with Crippen LogP contribution in [0.5, 0.6) is 0 Å². The Morgan fingerprint density at radius 2 is 1.18 bits per heavy atom. The van der Waals surface area contributed by atoms with Crippen molar-refractivity contribution in [1.82, 2.24) is 0 Å². The van der Waals surface area contributed by atoms with Crippen LogP contribution in [0.2, 0.25) is 5.02 Å². The highest BCUT2D eigenvalue weighted by atomic mass is 35.5. The van der Waals surface area contributed by atoms with Crippen LogP contribution in [-0.4, -0.2) is 17.3 Å². The fraction of sp³-hybridized carbons (Fsp3) is 0.118. The lowest BCUT2D eigenvalue weighted by Crippen LogP contribution is -2.13. The van der Waals surface area contributed by atoms with E-state index in [0.717, 1.165) is 12.1 Å². The van der Waals surface area contributed by atoms with Gasteiger partial charge in [0.05, 0.1) is 12.8 Å². The summed E-state index contributed by atoms with van der Waals surface area (Å²) < 4.78 is 12.8. The van der Waals surface area contributed by atoms with Crippen molar-refractivity contribution in [3.8, 4) is 0 Å². The minimum Gasteiger partial charge on any atom is -0.299 e. The summed E-state index contributed by atoms with van der Waals surface area (Å²) in [6.07, 6.45) is -0.737. The van der Waals surface area contributed by atoms with Crippen LogP contribution in [-0.2, 0) is 4.79 Å². The van der Waals surface area contributed by atoms with Crippen molar-refractivity contribution in [1.29, 1.82) is 0 Å². The van der Waals surface area contributed by atoms with Gasteiger partial charge in [0.15, 0.2) is 11.6 Å². The predicted octanol–water partition coefficient (Wildman–Crippen LogP) is 3.89. The number of hydrogen-bond donors (Lipinski definition) is 0. The Balaban J connectivity index is 1.95. The van der Waals surface area contributed by atoms with Crippen LogP contribution in [0.25, 0.3) is 0 Å². The molecule has 0 spiro atoms. The van der Waals surface area contributed by atoms with Crippen LogP contribution in [0.4, 0.5) is 4.39 Å². The fourth-order valence-electron chi connectivity index (χ4n) is 1.90. The molecule has 0 aliphatic heterocycles. The van der Waals surface area contributed by atoms with Crippen molar-refractivity contribution in [3.05, 3.63) is 70.5 Å². The SMILES string of the molecule is O=C(CC(=O)c1ccc(F)cc1)CC(=O)c1ccc(Cl)cc1. The van der Waals surface area contributed by atoms with Crippen molar-refractivity contribution < 1.29 is 18.8 Å². The number of carbonyl (C=O) groups is 3. The first-order valence-electron chi connectivity index (χ1n) is 6.55. The topological polar surface area (TPSA) is 51.2 Å². The molecule has 2 rings (SSSR count). The first-order chi connectivity index (χ1) is 10.5. The van der Waals surface area contributed by atoms with E-state index in [2.05, 4.69) is 0 Å². The molecule has 2 aromatic rings. The zero-order valence-electron chi connectivity index (χ0n) is 11.5. The fourth-order valence-corrected chi connectivity index (χ4v) is 2.02. The maximum Gasteiger partial charge on any atom is 0.170 e. The van der Waals surface area contributed by atoms with E-state index in [1.165, 1.54) is 24.3 Å². The predicted molar refractivity (Wildman–Crippen MR) is 80.8 cm³/mol. The quantitative estimate of drug-likeness (QED) is 0.599. The minimum atomic E-state index is -0.478. The Morgan fingerprint density at radius 3 is 1.64 bits per heavy atom. The Labute approximate surface area is 131 Å². The van der Waals surface area contributed by atoms with Gasteiger partial charge in [0.1, 0.15) is 11.6 Å². The number of ketones is 3. The third kappa shape index (κ3) is 4.33. The molecule has 0 fully saturated rings. The van der Waals surface area contributed by atoms with Gasteiger partial charge in [-0.15, -0.1) is 0 Å². The van der Waals surface area contributed by atoms with Crippen LogP contribution in [0.15, 0.2) is 48.5 Å². The third-order valence-corrected chi connectivity index (χ3v) is 3.30. The number of halogens is 2. The maximum atomic E-state index is 12.8. The van der Waals surface area contributed by atoms with Gasteiger partial charge in [0, 0.05) is 16.1 Å². The van der Waals surface area contributed by atoms with Gasteiger partial charge in [-0.25, -0.2) is 4.39 Å². The van der Waals surface area contributed by atoms with Crippen molar-refractivity contribution in [2.75, 3.05) is 0 Å². The lowest BCUT2D eigenvalue weighted by atomic mass is 10.0. The molecule has 0 amide bonds. The number of benzene rings is 2. The third-order valence-electron chi connectivity index (χ3n) is 3.05. The van der Waals surface area contributed by atoms with Gasteiger partial charge in [-0.1, -0.05) is 11.6 Å². The van der Waals surface area contributed by atoms with E-state index in [-0.39, 0.29) is 24.2 Å². The van der Waals surface area contributed by atoms with E-state index in [1.807, 2.05) is 0 Å². The Bertz CT molecular complexity index is 644. The van der Waals surface area contributed by atoms with E-state index >= 15 is 0 Å². The molecule has 0 radical (unpaired) electrons. The zero-order chi connectivity index (χ0) is 16.1. The van der Waals surface area contributed by atoms with Gasteiger partial charge in [0.25, 0.3) is 0 Å². The summed E-state index contributed by atoms with van der Waals surface area (Å²) >= 11 is 5.72. The zero-order valence-corrected chi connectivity index (χ0v) is 12.3. The monoisotopic (exact) mass is 318 g/mol. The molecule has 0 saturated heterocycles. The Kier molecular flexibility index (Phi) is 5.17. The van der Waals surface area contributed by atoms with Gasteiger partial charge in [0.2, 0.25) is 0 Å². The normalized spacial score (nSPS) is 10.3. The van der Waals surface area contributed by atoms with Crippen molar-refractivity contribution in [2.24, 2.45) is 0 Å². The second kappa shape index (κ2) is 7.09. The van der Waals surface area contributed by atoms with Crippen LogP contribution < -0.4 is 0 Å². The largest absolute Gasteiger partial charge is 0.299 e. The molecule has 3 nitrogen and oxygen atoms in total. The first kappa shape index (κ1) is 16.0. The molecule has 0 N–H and O–H groups in total. The van der Waals surface area contributed by atoms with Crippen LogP contribution in [0, 0.1) is 5.82 Å². The molecule has 0 saturated carbocycles. The van der Waals surface area contributed by atoms with Gasteiger partial charge in [-0.05, 0) is 48.5 Å². The number of hydrogen-bond acceptors (Lipinski definition) is 3. The first-order valence-corrected chi connectivity index (χ1v) is 6.93. The highest BCUT2D eigenvalue weighted by molar-refractivity contribution is 6.30. The van der Waals surface area contributed by atoms with Crippen molar-refractivity contribution in [2.45, 2.75) is 12.8 Å². The van der Waals surface area contributed by atoms with Crippen molar-refractivity contribution in [3.63, 3.8) is 0 Å². The summed E-state index contributed by atoms with van der Waals surface area (Å²) in [6, 6.07) is 11.1. The summed E-state index contributed by atoms with van der Waals surface area (Å²) in [5, 5.41) is 0.495. The molecule has 0 aliphatic carbocycles. The summed E-state index contributed by atoms with van der Waals surface area (Å²) in [7, 11) is 0. The number of Topliss-reactive ketones (excluding diaryl/α,β-unsaturated/α-hetero) is 3. The standard InChI is InChI=1S/C17H12ClFO3/c18-13-5-1-11(2-6-13)16(21)9-15(20)10-17(22)12-3-7-14(19)8-4-12/h1-8H,9-10H2. The lowest BCUT2D eigenvalue weighted by molar-refractivity contribution is -0.117. The summed E-state index contributed by atoms with van der Waals surface area (Å²) in [5.41, 5.74) is 0.612. The highest BCUT2D eigenvalue weighted by Crippen LogP contribution is 2.12. The summed E-state index contributed by atoms with van der Waals surface area (Å²) in [6.45, 7) is 0. The van der Waals surface area contributed by atoms with E-state index in [1.54, 1.807) is 12.1 Å². The molecule has 112 valence electrons. The minimum absolute atomic E-state index is 0.244. The maximum absolute atomic E-state index is 12.8. The average molecular weight is 319 g/mol. The van der Waals surface area contributed by atoms with Gasteiger partial charge in [-0.3, -0.25) is 14.4 Å².